The maximum absolute atomic E-state index is 12.9. The van der Waals surface area contributed by atoms with Gasteiger partial charge >= 0.3 is 0 Å². The number of rotatable bonds is 4. The Hall–Kier alpha value is -1.60. The fourth-order valence-corrected chi connectivity index (χ4v) is 5.46. The Labute approximate surface area is 163 Å². The quantitative estimate of drug-likeness (QED) is 0.632. The second kappa shape index (κ2) is 8.19. The molecule has 1 aromatic carbocycles. The van der Waals surface area contributed by atoms with E-state index in [1.54, 1.807) is 23.5 Å². The van der Waals surface area contributed by atoms with Gasteiger partial charge in [0.25, 0.3) is 0 Å². The molecule has 0 aliphatic carbocycles. The summed E-state index contributed by atoms with van der Waals surface area (Å²) in [6.07, 6.45) is 4.16. The summed E-state index contributed by atoms with van der Waals surface area (Å²) in [5, 5.41) is 3.39. The number of likely N-dealkylation sites (tertiary alicyclic amines) is 1. The van der Waals surface area contributed by atoms with Crippen LogP contribution in [0.15, 0.2) is 34.2 Å². The van der Waals surface area contributed by atoms with Crippen molar-refractivity contribution in [2.45, 2.75) is 51.0 Å². The van der Waals surface area contributed by atoms with Crippen LogP contribution in [-0.2, 0) is 16.6 Å². The minimum atomic E-state index is -3.39. The summed E-state index contributed by atoms with van der Waals surface area (Å²) in [6.45, 7) is 8.34. The Kier molecular flexibility index (Phi) is 6.11. The summed E-state index contributed by atoms with van der Waals surface area (Å²) >= 11 is 0. The van der Waals surface area contributed by atoms with Gasteiger partial charge in [-0.3, -0.25) is 4.99 Å². The monoisotopic (exact) mass is 392 g/mol. The molecule has 0 bridgehead atoms. The van der Waals surface area contributed by atoms with E-state index < -0.39 is 10.0 Å². The normalized spacial score (nSPS) is 21.4. The van der Waals surface area contributed by atoms with E-state index in [-0.39, 0.29) is 0 Å². The maximum Gasteiger partial charge on any atom is 0.243 e. The highest BCUT2D eigenvalue weighted by atomic mass is 32.2. The van der Waals surface area contributed by atoms with Crippen LogP contribution in [0.1, 0.15) is 45.1 Å². The third-order valence-electron chi connectivity index (χ3n) is 5.49. The van der Waals surface area contributed by atoms with Crippen LogP contribution in [0.5, 0.6) is 0 Å². The number of nitrogens with zero attached hydrogens (tertiary/aromatic N) is 3. The van der Waals surface area contributed by atoms with E-state index in [0.717, 1.165) is 50.3 Å². The van der Waals surface area contributed by atoms with Gasteiger partial charge < -0.3 is 10.2 Å². The molecule has 6 nitrogen and oxygen atoms in total. The first-order chi connectivity index (χ1) is 12.8. The van der Waals surface area contributed by atoms with Crippen LogP contribution in [0.4, 0.5) is 0 Å². The molecule has 2 saturated heterocycles. The summed E-state index contributed by atoms with van der Waals surface area (Å²) < 4.78 is 27.4. The first-order valence-electron chi connectivity index (χ1n) is 9.86. The zero-order valence-electron chi connectivity index (χ0n) is 16.7. The van der Waals surface area contributed by atoms with Gasteiger partial charge in [-0.05, 0) is 42.4 Å². The Morgan fingerprint density at radius 1 is 1.19 bits per heavy atom. The van der Waals surface area contributed by atoms with E-state index >= 15 is 0 Å². The topological polar surface area (TPSA) is 65.0 Å². The maximum atomic E-state index is 12.9. The smallest absolute Gasteiger partial charge is 0.243 e. The third kappa shape index (κ3) is 4.82. The van der Waals surface area contributed by atoms with Crippen LogP contribution in [-0.4, -0.2) is 56.8 Å². The highest BCUT2D eigenvalue weighted by Crippen LogP contribution is 2.28. The van der Waals surface area contributed by atoms with Crippen LogP contribution in [0.3, 0.4) is 0 Å². The number of hydrogen-bond donors (Lipinski definition) is 1. The lowest BCUT2D eigenvalue weighted by Gasteiger charge is -2.26. The molecule has 2 heterocycles. The minimum absolute atomic E-state index is 0.306. The fourth-order valence-electron chi connectivity index (χ4n) is 3.88. The molecule has 1 aromatic rings. The molecule has 3 rings (SSSR count). The lowest BCUT2D eigenvalue weighted by molar-refractivity contribution is 0.346. The van der Waals surface area contributed by atoms with Crippen molar-refractivity contribution in [2.75, 3.05) is 33.2 Å². The van der Waals surface area contributed by atoms with Crippen molar-refractivity contribution in [1.82, 2.24) is 14.5 Å². The van der Waals surface area contributed by atoms with Gasteiger partial charge in [0.1, 0.15) is 0 Å². The van der Waals surface area contributed by atoms with E-state index in [1.807, 2.05) is 12.1 Å². The predicted octanol–water partition coefficient (Wildman–Crippen LogP) is 2.67. The average molecular weight is 393 g/mol. The molecule has 150 valence electrons. The van der Waals surface area contributed by atoms with E-state index in [4.69, 9.17) is 0 Å². The Bertz CT molecular complexity index is 783. The van der Waals surface area contributed by atoms with Crippen LogP contribution in [0, 0.1) is 5.41 Å². The zero-order valence-corrected chi connectivity index (χ0v) is 17.6. The second-order valence-electron chi connectivity index (χ2n) is 8.35. The first-order valence-corrected chi connectivity index (χ1v) is 11.3. The molecule has 2 aliphatic heterocycles. The fraction of sp³-hybridized carbons (Fsp3) is 0.650. The SMILES string of the molecule is CN=C(NCc1cccc(S(=O)(=O)N2CCCCC2)c1)N1CCC(C)(C)C1. The van der Waals surface area contributed by atoms with E-state index in [2.05, 4.69) is 29.1 Å². The second-order valence-corrected chi connectivity index (χ2v) is 10.3. The lowest BCUT2D eigenvalue weighted by atomic mass is 9.93. The average Bonchev–Trinajstić information content (AvgIpc) is 3.03. The Balaban J connectivity index is 1.67. The van der Waals surface area contributed by atoms with Crippen molar-refractivity contribution in [3.8, 4) is 0 Å². The zero-order chi connectivity index (χ0) is 19.5. The van der Waals surface area contributed by atoms with Gasteiger partial charge in [0.05, 0.1) is 4.90 Å². The van der Waals surface area contributed by atoms with Crippen LogP contribution >= 0.6 is 0 Å². The van der Waals surface area contributed by atoms with Gasteiger partial charge in [-0.25, -0.2) is 8.42 Å². The van der Waals surface area contributed by atoms with Gasteiger partial charge in [0, 0.05) is 39.8 Å². The van der Waals surface area contributed by atoms with Crippen molar-refractivity contribution < 1.29 is 8.42 Å². The molecular weight excluding hydrogens is 360 g/mol. The van der Waals surface area contributed by atoms with Gasteiger partial charge in [0.15, 0.2) is 5.96 Å². The van der Waals surface area contributed by atoms with Crippen molar-refractivity contribution in [2.24, 2.45) is 10.4 Å². The standard InChI is InChI=1S/C20H32N4O2S/c1-20(2)10-13-23(16-20)19(21-3)22-15-17-8-7-9-18(14-17)27(25,26)24-11-5-4-6-12-24/h7-9,14H,4-6,10-13,15-16H2,1-3H3,(H,21,22). The van der Waals surface area contributed by atoms with Crippen molar-refractivity contribution >= 4 is 16.0 Å². The molecule has 27 heavy (non-hydrogen) atoms. The molecule has 0 atom stereocenters. The molecule has 0 saturated carbocycles. The lowest BCUT2D eigenvalue weighted by Crippen LogP contribution is -2.40. The first kappa shape index (κ1) is 20.1. The Morgan fingerprint density at radius 2 is 1.93 bits per heavy atom. The summed E-state index contributed by atoms with van der Waals surface area (Å²) in [5.74, 6) is 0.880. The third-order valence-corrected chi connectivity index (χ3v) is 7.39. The largest absolute Gasteiger partial charge is 0.352 e. The van der Waals surface area contributed by atoms with Crippen LogP contribution < -0.4 is 5.32 Å². The predicted molar refractivity (Wildman–Crippen MR) is 109 cm³/mol. The van der Waals surface area contributed by atoms with Gasteiger partial charge in [0.2, 0.25) is 10.0 Å². The summed E-state index contributed by atoms with van der Waals surface area (Å²) in [5.41, 5.74) is 1.26. The minimum Gasteiger partial charge on any atom is -0.352 e. The Morgan fingerprint density at radius 3 is 2.56 bits per heavy atom. The molecule has 0 unspecified atom stereocenters. The van der Waals surface area contributed by atoms with Crippen LogP contribution in [0.2, 0.25) is 0 Å². The number of hydrogen-bond acceptors (Lipinski definition) is 3. The molecule has 1 N–H and O–H groups in total. The van der Waals surface area contributed by atoms with Gasteiger partial charge in [-0.1, -0.05) is 32.4 Å². The van der Waals surface area contributed by atoms with Crippen molar-refractivity contribution in [3.63, 3.8) is 0 Å². The molecular formula is C20H32N4O2S. The molecule has 2 aliphatic rings. The van der Waals surface area contributed by atoms with Gasteiger partial charge in [-0.15, -0.1) is 0 Å². The van der Waals surface area contributed by atoms with Gasteiger partial charge in [-0.2, -0.15) is 4.31 Å². The number of sulfonamides is 1. The number of piperidine rings is 1. The summed E-state index contributed by atoms with van der Waals surface area (Å²) in [6, 6.07) is 7.28. The van der Waals surface area contributed by atoms with Crippen LogP contribution in [0.25, 0.3) is 0 Å². The van der Waals surface area contributed by atoms with E-state index in [9.17, 15) is 8.42 Å². The molecule has 0 amide bonds. The summed E-state index contributed by atoms with van der Waals surface area (Å²) in [4.78, 5) is 7.06. The number of guanidine groups is 1. The van der Waals surface area contributed by atoms with E-state index in [1.165, 1.54) is 0 Å². The van der Waals surface area contributed by atoms with E-state index in [0.29, 0.717) is 29.9 Å². The molecule has 0 aromatic heterocycles. The molecule has 0 spiro atoms. The highest BCUT2D eigenvalue weighted by Gasteiger charge is 2.31. The molecule has 2 fully saturated rings. The molecule has 0 radical (unpaired) electrons. The molecule has 7 heteroatoms. The van der Waals surface area contributed by atoms with Crippen molar-refractivity contribution in [3.05, 3.63) is 29.8 Å². The summed E-state index contributed by atoms with van der Waals surface area (Å²) in [7, 11) is -1.60. The highest BCUT2D eigenvalue weighted by molar-refractivity contribution is 7.89. The number of nitrogens with one attached hydrogen (secondary N) is 1. The number of aliphatic imine (C=N–C) groups is 1. The number of benzene rings is 1. The van der Waals surface area contributed by atoms with Crippen molar-refractivity contribution in [1.29, 1.82) is 0 Å².